The average molecular weight is 1020 g/mol. The number of aromatic amines is 2. The highest BCUT2D eigenvalue weighted by Gasteiger charge is 2.26. The SMILES string of the molecule is C=CCCCCCCCCCOc1cc2c(cc1OCCCCCCCCCC=C)-c1cc3[nH]c(cc4nc(cc5[nH]c(cc-2n1)c1ccc(C(C)(C)C)cc51)-c1ccc(C(C)(C)C)cc1-4)c1ccc(C(C)(C)C)cc31. The number of rotatable bonds is 22. The molecule has 7 aromatic rings. The summed E-state index contributed by atoms with van der Waals surface area (Å²) in [5, 5.41) is 4.62. The van der Waals surface area contributed by atoms with E-state index in [-0.39, 0.29) is 16.2 Å². The molecule has 9 rings (SSSR count). The molecular formula is C70H86N4O2. The Kier molecular flexibility index (Phi) is 16.8. The van der Waals surface area contributed by atoms with Crippen LogP contribution in [0.3, 0.4) is 0 Å². The predicted molar refractivity (Wildman–Crippen MR) is 326 cm³/mol. The van der Waals surface area contributed by atoms with Crippen LogP contribution in [0.5, 0.6) is 11.5 Å². The highest BCUT2D eigenvalue weighted by Crippen LogP contribution is 2.46. The molecule has 0 unspecified atom stereocenters. The third-order valence-electron chi connectivity index (χ3n) is 15.8. The van der Waals surface area contributed by atoms with Crippen LogP contribution in [-0.2, 0) is 16.2 Å². The summed E-state index contributed by atoms with van der Waals surface area (Å²) < 4.78 is 13.6. The van der Waals surface area contributed by atoms with Crippen molar-refractivity contribution < 1.29 is 9.47 Å². The molecule has 0 aliphatic carbocycles. The van der Waals surface area contributed by atoms with Crippen molar-refractivity contribution in [1.29, 1.82) is 0 Å². The molecule has 2 aliphatic rings. The molecule has 2 aliphatic heterocycles. The van der Waals surface area contributed by atoms with Gasteiger partial charge in [0.2, 0.25) is 0 Å². The van der Waals surface area contributed by atoms with Gasteiger partial charge in [0, 0.05) is 65.9 Å². The van der Waals surface area contributed by atoms with Crippen LogP contribution in [0, 0.1) is 0 Å². The van der Waals surface area contributed by atoms with E-state index in [0.29, 0.717) is 13.2 Å². The number of aromatic nitrogens is 4. The number of unbranched alkanes of at least 4 members (excludes halogenated alkanes) is 14. The van der Waals surface area contributed by atoms with Crippen LogP contribution in [0.2, 0.25) is 0 Å². The van der Waals surface area contributed by atoms with Crippen LogP contribution in [0.15, 0.2) is 116 Å². The van der Waals surface area contributed by atoms with Gasteiger partial charge in [0.15, 0.2) is 11.5 Å². The van der Waals surface area contributed by atoms with Gasteiger partial charge in [0.25, 0.3) is 0 Å². The van der Waals surface area contributed by atoms with Gasteiger partial charge in [0.05, 0.1) is 36.0 Å². The first-order valence-electron chi connectivity index (χ1n) is 28.9. The molecule has 0 saturated carbocycles. The first-order chi connectivity index (χ1) is 36.5. The molecule has 0 radical (unpaired) electrons. The fourth-order valence-corrected chi connectivity index (χ4v) is 11.0. The normalized spacial score (nSPS) is 12.5. The number of nitrogens with one attached hydrogen (secondary N) is 2. The molecule has 4 aromatic carbocycles. The molecule has 76 heavy (non-hydrogen) atoms. The first-order valence-corrected chi connectivity index (χ1v) is 28.9. The Hall–Kier alpha value is -6.40. The Morgan fingerprint density at radius 2 is 0.697 bits per heavy atom. The second-order valence-corrected chi connectivity index (χ2v) is 24.9. The molecular weight excluding hydrogens is 929 g/mol. The molecule has 6 nitrogen and oxygen atoms in total. The largest absolute Gasteiger partial charge is 0.490 e. The first kappa shape index (κ1) is 54.4. The lowest BCUT2D eigenvalue weighted by molar-refractivity contribution is 0.258. The maximum absolute atomic E-state index is 6.81. The summed E-state index contributed by atoms with van der Waals surface area (Å²) >= 11 is 0. The van der Waals surface area contributed by atoms with Crippen molar-refractivity contribution in [3.8, 4) is 56.5 Å². The fraction of sp³-hybridized carbons (Fsp3) is 0.429. The minimum atomic E-state index is -0.0444. The van der Waals surface area contributed by atoms with Crippen LogP contribution in [0.1, 0.15) is 182 Å². The number of hydrogen-bond acceptors (Lipinski definition) is 4. The molecule has 0 fully saturated rings. The second-order valence-electron chi connectivity index (χ2n) is 24.9. The fourth-order valence-electron chi connectivity index (χ4n) is 11.0. The summed E-state index contributed by atoms with van der Waals surface area (Å²) in [5.74, 6) is 1.57. The van der Waals surface area contributed by atoms with E-state index in [1.807, 2.05) is 12.2 Å². The molecule has 8 bridgehead atoms. The van der Waals surface area contributed by atoms with Gasteiger partial charge in [-0.15, -0.1) is 13.2 Å². The van der Waals surface area contributed by atoms with Crippen molar-refractivity contribution in [1.82, 2.24) is 19.9 Å². The number of allylic oxidation sites excluding steroid dienone is 2. The molecule has 398 valence electrons. The third kappa shape index (κ3) is 12.5. The van der Waals surface area contributed by atoms with Gasteiger partial charge in [0.1, 0.15) is 0 Å². The summed E-state index contributed by atoms with van der Waals surface area (Å²) in [4.78, 5) is 19.0. The molecule has 0 spiro atoms. The third-order valence-corrected chi connectivity index (χ3v) is 15.8. The van der Waals surface area contributed by atoms with Crippen molar-refractivity contribution >= 4 is 43.6 Å². The predicted octanol–water partition coefficient (Wildman–Crippen LogP) is 20.6. The van der Waals surface area contributed by atoms with Gasteiger partial charge in [-0.3, -0.25) is 0 Å². The number of benzene rings is 4. The number of hydrogen-bond donors (Lipinski definition) is 2. The average Bonchev–Trinajstić information content (AvgIpc) is 4.14. The topological polar surface area (TPSA) is 75.8 Å². The quantitative estimate of drug-likeness (QED) is 0.0524. The summed E-state index contributed by atoms with van der Waals surface area (Å²) in [7, 11) is 0. The van der Waals surface area contributed by atoms with Crippen molar-refractivity contribution in [2.75, 3.05) is 13.2 Å². The van der Waals surface area contributed by atoms with Gasteiger partial charge in [-0.05, 0) is 126 Å². The molecule has 6 heteroatoms. The summed E-state index contributed by atoms with van der Waals surface area (Å²) in [5.41, 5.74) is 15.8. The maximum Gasteiger partial charge on any atom is 0.161 e. The van der Waals surface area contributed by atoms with Crippen molar-refractivity contribution in [3.05, 3.63) is 133 Å². The smallest absolute Gasteiger partial charge is 0.161 e. The maximum atomic E-state index is 6.81. The van der Waals surface area contributed by atoms with Gasteiger partial charge < -0.3 is 19.4 Å². The van der Waals surface area contributed by atoms with Crippen LogP contribution in [-0.4, -0.2) is 33.1 Å². The van der Waals surface area contributed by atoms with E-state index in [0.717, 1.165) is 139 Å². The molecule has 2 N–H and O–H groups in total. The van der Waals surface area contributed by atoms with E-state index in [1.54, 1.807) is 0 Å². The highest BCUT2D eigenvalue weighted by molar-refractivity contribution is 6.10. The van der Waals surface area contributed by atoms with E-state index < -0.39 is 0 Å². The van der Waals surface area contributed by atoms with Gasteiger partial charge in [-0.25, -0.2) is 9.97 Å². The number of H-pyrrole nitrogens is 2. The van der Waals surface area contributed by atoms with E-state index in [2.05, 4.69) is 176 Å². The monoisotopic (exact) mass is 1010 g/mol. The highest BCUT2D eigenvalue weighted by atomic mass is 16.5. The summed E-state index contributed by atoms with van der Waals surface area (Å²) in [6, 6.07) is 34.3. The minimum Gasteiger partial charge on any atom is -0.490 e. The zero-order valence-electron chi connectivity index (χ0n) is 47.7. The summed E-state index contributed by atoms with van der Waals surface area (Å²) in [6.45, 7) is 29.6. The van der Waals surface area contributed by atoms with Crippen molar-refractivity contribution in [3.63, 3.8) is 0 Å². The van der Waals surface area contributed by atoms with E-state index in [4.69, 9.17) is 19.4 Å². The Labute approximate surface area is 454 Å². The Morgan fingerprint density at radius 1 is 0.368 bits per heavy atom. The lowest BCUT2D eigenvalue weighted by Crippen LogP contribution is -2.10. The lowest BCUT2D eigenvalue weighted by atomic mass is 9.85. The van der Waals surface area contributed by atoms with Crippen molar-refractivity contribution in [2.24, 2.45) is 0 Å². The van der Waals surface area contributed by atoms with Gasteiger partial charge in [-0.2, -0.15) is 0 Å². The summed E-state index contributed by atoms with van der Waals surface area (Å²) in [6.07, 6.45) is 23.2. The Morgan fingerprint density at radius 3 is 1.09 bits per heavy atom. The Bertz CT molecular complexity index is 3380. The van der Waals surface area contributed by atoms with Crippen molar-refractivity contribution in [2.45, 2.75) is 181 Å². The van der Waals surface area contributed by atoms with E-state index in [1.165, 1.54) is 80.9 Å². The molecule has 5 heterocycles. The zero-order chi connectivity index (χ0) is 53.6. The minimum absolute atomic E-state index is 0.0300. The second kappa shape index (κ2) is 23.5. The van der Waals surface area contributed by atoms with Crippen LogP contribution >= 0.6 is 0 Å². The molecule has 0 atom stereocenters. The van der Waals surface area contributed by atoms with E-state index in [9.17, 15) is 0 Å². The van der Waals surface area contributed by atoms with Crippen LogP contribution in [0.4, 0.5) is 0 Å². The number of fused-ring (bicyclic) bond motifs is 20. The van der Waals surface area contributed by atoms with Gasteiger partial charge >= 0.3 is 0 Å². The standard InChI is InChI=1S/C70H86N4O2/c1-12-14-16-18-20-22-24-26-28-36-75-66-41-56-57(42-67(66)76-37-29-27-25-23-21-19-17-15-13-2)65-46-63-55-40-49(70(9,10)11)32-35-52(55)59(73-63)44-61-53-38-47(68(3,4)5)30-33-50(53)58(71-61)43-62-54-39-48(69(6,7)8)31-34-51(54)60(72-62)45-64(56)74-65/h12-13,30-35,38-46,72-73H,1-2,14-29,36-37H2,3-11H3. The lowest BCUT2D eigenvalue weighted by Gasteiger charge is -2.20. The zero-order valence-corrected chi connectivity index (χ0v) is 47.7. The number of ether oxygens (including phenoxy) is 2. The number of nitrogens with zero attached hydrogens (tertiary/aromatic N) is 2. The van der Waals surface area contributed by atoms with Crippen LogP contribution < -0.4 is 9.47 Å². The molecule has 0 saturated heterocycles. The van der Waals surface area contributed by atoms with Crippen LogP contribution in [0.25, 0.3) is 88.6 Å². The van der Waals surface area contributed by atoms with E-state index >= 15 is 0 Å². The van der Waals surface area contributed by atoms with Gasteiger partial charge in [-0.1, -0.05) is 175 Å². The molecule has 3 aromatic heterocycles. The Balaban J connectivity index is 1.22. The molecule has 0 amide bonds.